The number of fused-ring (bicyclic) bond motifs is 1. The van der Waals surface area contributed by atoms with E-state index < -0.39 is 0 Å². The molecule has 0 aliphatic rings. The van der Waals surface area contributed by atoms with Crippen LogP contribution in [-0.4, -0.2) is 29.9 Å². The van der Waals surface area contributed by atoms with Crippen LogP contribution in [0.3, 0.4) is 0 Å². The first-order valence-corrected chi connectivity index (χ1v) is 10.0. The van der Waals surface area contributed by atoms with Crippen molar-refractivity contribution in [2.45, 2.75) is 6.54 Å². The van der Waals surface area contributed by atoms with Gasteiger partial charge in [0.25, 0.3) is 5.56 Å². The van der Waals surface area contributed by atoms with Gasteiger partial charge < -0.3 is 14.8 Å². The minimum Gasteiger partial charge on any atom is -0.497 e. The van der Waals surface area contributed by atoms with Gasteiger partial charge in [-0.2, -0.15) is 5.10 Å². The van der Waals surface area contributed by atoms with Crippen molar-refractivity contribution in [2.75, 3.05) is 19.5 Å². The maximum absolute atomic E-state index is 12.9. The highest BCUT2D eigenvalue weighted by Crippen LogP contribution is 2.28. The molecule has 8 heteroatoms. The van der Waals surface area contributed by atoms with Crippen LogP contribution in [0.2, 0.25) is 0 Å². The van der Waals surface area contributed by atoms with Crippen LogP contribution >= 0.6 is 11.3 Å². The predicted octanol–water partition coefficient (Wildman–Crippen LogP) is 3.78. The molecule has 152 valence electrons. The van der Waals surface area contributed by atoms with Crippen LogP contribution in [-0.2, 0) is 11.3 Å². The van der Waals surface area contributed by atoms with Gasteiger partial charge in [-0.15, -0.1) is 11.3 Å². The highest BCUT2D eigenvalue weighted by molar-refractivity contribution is 7.13. The summed E-state index contributed by atoms with van der Waals surface area (Å²) in [6.07, 6.45) is 0. The number of hydrogen-bond acceptors (Lipinski definition) is 6. The van der Waals surface area contributed by atoms with E-state index in [4.69, 9.17) is 9.47 Å². The third-order valence-electron chi connectivity index (χ3n) is 4.55. The number of carbonyl (C=O) groups is 1. The number of thiophene rings is 1. The first-order chi connectivity index (χ1) is 14.6. The number of nitrogens with zero attached hydrogens (tertiary/aromatic N) is 2. The maximum Gasteiger partial charge on any atom is 0.275 e. The van der Waals surface area contributed by atoms with Gasteiger partial charge in [0.15, 0.2) is 0 Å². The molecular formula is C22H19N3O4S. The molecule has 0 saturated carbocycles. The molecule has 0 radical (unpaired) electrons. The molecule has 30 heavy (non-hydrogen) atoms. The van der Waals surface area contributed by atoms with E-state index >= 15 is 0 Å². The van der Waals surface area contributed by atoms with Crippen molar-refractivity contribution >= 4 is 33.7 Å². The number of ether oxygens (including phenoxy) is 2. The fourth-order valence-electron chi connectivity index (χ4n) is 3.15. The number of methoxy groups -OCH3 is 2. The van der Waals surface area contributed by atoms with Crippen molar-refractivity contribution in [1.82, 2.24) is 9.78 Å². The van der Waals surface area contributed by atoms with Gasteiger partial charge in [-0.25, -0.2) is 4.68 Å². The SMILES string of the molecule is COc1cc(NC(=O)Cn2nc(-c3cccs3)c3ccccc3c2=O)cc(OC)c1. The van der Waals surface area contributed by atoms with Gasteiger partial charge in [-0.1, -0.05) is 24.3 Å². The smallest absolute Gasteiger partial charge is 0.275 e. The predicted molar refractivity (Wildman–Crippen MR) is 117 cm³/mol. The van der Waals surface area contributed by atoms with Gasteiger partial charge in [0.05, 0.1) is 24.5 Å². The molecule has 0 saturated heterocycles. The van der Waals surface area contributed by atoms with Crippen molar-refractivity contribution in [3.05, 3.63) is 70.3 Å². The second-order valence-corrected chi connectivity index (χ2v) is 7.43. The van der Waals surface area contributed by atoms with Crippen molar-refractivity contribution in [3.63, 3.8) is 0 Å². The molecule has 4 rings (SSSR count). The molecular weight excluding hydrogens is 402 g/mol. The van der Waals surface area contributed by atoms with Crippen LogP contribution < -0.4 is 20.3 Å². The minimum absolute atomic E-state index is 0.221. The lowest BCUT2D eigenvalue weighted by molar-refractivity contribution is -0.117. The van der Waals surface area contributed by atoms with Gasteiger partial charge in [0.2, 0.25) is 5.91 Å². The van der Waals surface area contributed by atoms with Gasteiger partial charge in [-0.05, 0) is 17.5 Å². The third kappa shape index (κ3) is 3.90. The summed E-state index contributed by atoms with van der Waals surface area (Å²) in [5.74, 6) is 0.712. The summed E-state index contributed by atoms with van der Waals surface area (Å²) < 4.78 is 11.6. The van der Waals surface area contributed by atoms with Crippen LogP contribution in [0.5, 0.6) is 11.5 Å². The van der Waals surface area contributed by atoms with Gasteiger partial charge in [0, 0.05) is 29.3 Å². The van der Waals surface area contributed by atoms with E-state index in [1.54, 1.807) is 30.3 Å². The number of carbonyl (C=O) groups excluding carboxylic acids is 1. The number of nitrogens with one attached hydrogen (secondary N) is 1. The molecule has 0 bridgehead atoms. The number of benzene rings is 2. The summed E-state index contributed by atoms with van der Waals surface area (Å²) in [4.78, 5) is 26.5. The first-order valence-electron chi connectivity index (χ1n) is 9.15. The van der Waals surface area contributed by atoms with Crippen LogP contribution in [0, 0.1) is 0 Å². The van der Waals surface area contributed by atoms with Crippen LogP contribution in [0.15, 0.2) is 64.8 Å². The van der Waals surface area contributed by atoms with Gasteiger partial charge in [-0.3, -0.25) is 9.59 Å². The molecule has 2 aromatic carbocycles. The van der Waals surface area contributed by atoms with E-state index in [9.17, 15) is 9.59 Å². The zero-order valence-electron chi connectivity index (χ0n) is 16.4. The zero-order chi connectivity index (χ0) is 21.1. The molecule has 1 N–H and O–H groups in total. The summed E-state index contributed by atoms with van der Waals surface area (Å²) in [5, 5.41) is 10.5. The zero-order valence-corrected chi connectivity index (χ0v) is 17.2. The van der Waals surface area contributed by atoms with E-state index in [-0.39, 0.29) is 18.0 Å². The lowest BCUT2D eigenvalue weighted by atomic mass is 10.1. The van der Waals surface area contributed by atoms with Crippen LogP contribution in [0.25, 0.3) is 21.3 Å². The Morgan fingerprint density at radius 1 is 1.03 bits per heavy atom. The Bertz CT molecular complexity index is 1240. The van der Waals surface area contributed by atoms with E-state index in [0.29, 0.717) is 28.3 Å². The Labute approximate surface area is 176 Å². The molecule has 7 nitrogen and oxygen atoms in total. The lowest BCUT2D eigenvalue weighted by Crippen LogP contribution is -2.30. The Balaban J connectivity index is 1.68. The minimum atomic E-state index is -0.382. The Morgan fingerprint density at radius 3 is 2.37 bits per heavy atom. The van der Waals surface area contributed by atoms with E-state index in [1.807, 2.05) is 29.6 Å². The topological polar surface area (TPSA) is 82.5 Å². The second-order valence-electron chi connectivity index (χ2n) is 6.48. The molecule has 0 spiro atoms. The monoisotopic (exact) mass is 421 g/mol. The number of rotatable bonds is 6. The average Bonchev–Trinajstić information content (AvgIpc) is 3.30. The highest BCUT2D eigenvalue weighted by Gasteiger charge is 2.15. The molecule has 0 unspecified atom stereocenters. The van der Waals surface area contributed by atoms with Crippen molar-refractivity contribution in [3.8, 4) is 22.1 Å². The number of amides is 1. The van der Waals surface area contributed by atoms with E-state index in [0.717, 1.165) is 10.3 Å². The van der Waals surface area contributed by atoms with Crippen molar-refractivity contribution in [2.24, 2.45) is 0 Å². The summed E-state index contributed by atoms with van der Waals surface area (Å²) >= 11 is 1.53. The Kier molecular flexibility index (Phi) is 5.49. The molecule has 0 atom stereocenters. The average molecular weight is 421 g/mol. The second kappa shape index (κ2) is 8.38. The highest BCUT2D eigenvalue weighted by atomic mass is 32.1. The third-order valence-corrected chi connectivity index (χ3v) is 5.43. The molecule has 0 aliphatic carbocycles. The van der Waals surface area contributed by atoms with E-state index in [2.05, 4.69) is 10.4 Å². The van der Waals surface area contributed by atoms with Gasteiger partial charge >= 0.3 is 0 Å². The number of hydrogen-bond donors (Lipinski definition) is 1. The fourth-order valence-corrected chi connectivity index (χ4v) is 3.88. The first kappa shape index (κ1) is 19.7. The Morgan fingerprint density at radius 2 is 1.73 bits per heavy atom. The molecule has 1 amide bonds. The standard InChI is InChI=1S/C22H19N3O4S/c1-28-15-10-14(11-16(12-15)29-2)23-20(26)13-25-22(27)18-7-4-3-6-17(18)21(24-25)19-8-5-9-30-19/h3-12H,13H2,1-2H3,(H,23,26). The molecule has 0 aliphatic heterocycles. The summed E-state index contributed by atoms with van der Waals surface area (Å²) in [6, 6.07) is 16.2. The normalized spacial score (nSPS) is 10.7. The summed E-state index contributed by atoms with van der Waals surface area (Å²) in [5.41, 5.74) is 0.865. The molecule has 0 fully saturated rings. The van der Waals surface area contributed by atoms with Gasteiger partial charge in [0.1, 0.15) is 23.7 Å². The van der Waals surface area contributed by atoms with E-state index in [1.165, 1.54) is 30.2 Å². The molecule has 4 aromatic rings. The molecule has 2 heterocycles. The largest absolute Gasteiger partial charge is 0.497 e. The van der Waals surface area contributed by atoms with Crippen LogP contribution in [0.4, 0.5) is 5.69 Å². The van der Waals surface area contributed by atoms with Crippen LogP contribution in [0.1, 0.15) is 0 Å². The maximum atomic E-state index is 12.9. The summed E-state index contributed by atoms with van der Waals surface area (Å²) in [6.45, 7) is -0.221. The quantitative estimate of drug-likeness (QED) is 0.512. The summed E-state index contributed by atoms with van der Waals surface area (Å²) in [7, 11) is 3.07. The van der Waals surface area contributed by atoms with Crippen molar-refractivity contribution < 1.29 is 14.3 Å². The lowest BCUT2D eigenvalue weighted by Gasteiger charge is -2.12. The number of aromatic nitrogens is 2. The number of anilines is 1. The Hall–Kier alpha value is -3.65. The fraction of sp³-hybridized carbons (Fsp3) is 0.136. The molecule has 2 aromatic heterocycles. The van der Waals surface area contributed by atoms with Crippen molar-refractivity contribution in [1.29, 1.82) is 0 Å².